The highest BCUT2D eigenvalue weighted by molar-refractivity contribution is 6.76. The van der Waals surface area contributed by atoms with Crippen LogP contribution in [-0.4, -0.2) is 76.7 Å². The molecule has 39 heavy (non-hydrogen) atoms. The van der Waals surface area contributed by atoms with E-state index < -0.39 is 7.12 Å². The van der Waals surface area contributed by atoms with Gasteiger partial charge < -0.3 is 14.6 Å². The summed E-state index contributed by atoms with van der Waals surface area (Å²) in [5, 5.41) is 20.8. The monoisotopic (exact) mass is 489 g/mol. The number of rotatable bonds is 3. The molecule has 2 N–H and O–H groups in total. The molecule has 0 spiro atoms. The smallest absolute Gasteiger partial charge is 0.423 e. The molecule has 11 heteroatoms. The molecule has 5 aromatic rings. The summed E-state index contributed by atoms with van der Waals surface area (Å²) in [7, 11) is 42.6. The third-order valence-corrected chi connectivity index (χ3v) is 7.43. The summed E-state index contributed by atoms with van der Waals surface area (Å²) < 4.78 is 1.77. The van der Waals surface area contributed by atoms with E-state index in [1.165, 1.54) is 5.56 Å². The fraction of sp³-hybridized carbons (Fsp3) is 0.143. The molecule has 0 aliphatic carbocycles. The van der Waals surface area contributed by atoms with E-state index in [1.807, 2.05) is 24.3 Å². The maximum atomic E-state index is 10.0. The highest BCUT2D eigenvalue weighted by Gasteiger charge is 2.26. The van der Waals surface area contributed by atoms with Crippen molar-refractivity contribution in [3.8, 4) is 16.8 Å². The first-order valence-electron chi connectivity index (χ1n) is 12.4. The summed E-state index contributed by atoms with van der Waals surface area (Å²) >= 11 is 0. The van der Waals surface area contributed by atoms with Crippen LogP contribution in [0.3, 0.4) is 0 Å². The molecule has 0 bridgehead atoms. The molecule has 3 nitrogen and oxygen atoms in total. The lowest BCUT2D eigenvalue weighted by molar-refractivity contribution is 0.426. The zero-order valence-corrected chi connectivity index (χ0v) is 22.1. The molecule has 0 saturated carbocycles. The third-order valence-electron chi connectivity index (χ3n) is 7.43. The molecule has 172 valence electrons. The van der Waals surface area contributed by atoms with Gasteiger partial charge in [0, 0.05) is 16.7 Å². The first-order chi connectivity index (χ1) is 18.3. The molecule has 4 aromatic carbocycles. The van der Waals surface area contributed by atoms with Gasteiger partial charge in [0.2, 0.25) is 0 Å². The Balaban J connectivity index is 1.82. The van der Waals surface area contributed by atoms with Crippen LogP contribution in [0, 0.1) is 0 Å². The molecule has 1 aromatic heterocycles. The largest absolute Gasteiger partial charge is 0.487 e. The second-order valence-corrected chi connectivity index (χ2v) is 10.8. The molecule has 0 atom stereocenters. The van der Waals surface area contributed by atoms with Crippen LogP contribution in [0.2, 0.25) is 0 Å². The van der Waals surface area contributed by atoms with E-state index in [2.05, 4.69) is 45.0 Å². The summed E-state index contributed by atoms with van der Waals surface area (Å²) in [4.78, 5) is 0. The van der Waals surface area contributed by atoms with E-state index in [0.717, 1.165) is 11.1 Å². The Labute approximate surface area is 238 Å². The minimum Gasteiger partial charge on any atom is -0.423 e. The fourth-order valence-corrected chi connectivity index (χ4v) is 5.21. The van der Waals surface area contributed by atoms with Crippen molar-refractivity contribution in [3.05, 3.63) is 54.1 Å². The van der Waals surface area contributed by atoms with Gasteiger partial charge in [-0.05, 0) is 50.5 Å². The number of hydrogen-bond acceptors (Lipinski definition) is 2. The second-order valence-electron chi connectivity index (χ2n) is 10.8. The lowest BCUT2D eigenvalue weighted by Crippen LogP contribution is -2.56. The molecule has 0 unspecified atom stereocenters. The fourth-order valence-electron chi connectivity index (χ4n) is 5.21. The molecule has 14 radical (unpaired) electrons. The van der Waals surface area contributed by atoms with Gasteiger partial charge in [-0.1, -0.05) is 79.0 Å². The van der Waals surface area contributed by atoms with Crippen molar-refractivity contribution in [2.45, 2.75) is 26.2 Å². The standard InChI is InChI=1S/C28H19B8NO2/c1-28(2,3)14-8-4-12(5-9-14)13-6-10-15(11-7-13)37-26-16(18(29)20(31)21(32)23(26)34)17-19(30)25(36(38)39)22(33)24(35)27(17)37/h4-11,38-39H,1-3H3. The lowest BCUT2D eigenvalue weighted by atomic mass is 9.59. The second kappa shape index (κ2) is 9.64. The number of hydrogen-bond donors (Lipinski definition) is 2. The van der Waals surface area contributed by atoms with E-state index in [-0.39, 0.29) is 49.1 Å². The quantitative estimate of drug-likeness (QED) is 0.266. The number of fused-ring (bicyclic) bond motifs is 3. The Hall–Kier alpha value is -2.88. The van der Waals surface area contributed by atoms with E-state index >= 15 is 0 Å². The van der Waals surface area contributed by atoms with Crippen molar-refractivity contribution in [2.24, 2.45) is 0 Å². The first-order valence-corrected chi connectivity index (χ1v) is 12.4. The minimum absolute atomic E-state index is 0.00118. The molecule has 0 amide bonds. The number of nitrogens with zero attached hydrogens (tertiary/aromatic N) is 1. The molecule has 0 aliphatic heterocycles. The van der Waals surface area contributed by atoms with Crippen LogP contribution in [0.25, 0.3) is 38.6 Å². The van der Waals surface area contributed by atoms with Gasteiger partial charge in [0.05, 0.1) is 0 Å². The van der Waals surface area contributed by atoms with Crippen molar-refractivity contribution in [2.75, 3.05) is 0 Å². The molecule has 0 fully saturated rings. The summed E-state index contributed by atoms with van der Waals surface area (Å²) in [6.45, 7) is 6.53. The maximum absolute atomic E-state index is 10.0. The zero-order valence-electron chi connectivity index (χ0n) is 22.1. The molecular weight excluding hydrogens is 469 g/mol. The molecule has 5 rings (SSSR count). The van der Waals surface area contributed by atoms with E-state index in [4.69, 9.17) is 54.9 Å². The highest BCUT2D eigenvalue weighted by Crippen LogP contribution is 2.30. The van der Waals surface area contributed by atoms with Crippen LogP contribution < -0.4 is 43.7 Å². The molecule has 1 heterocycles. The Kier molecular flexibility index (Phi) is 6.84. The van der Waals surface area contributed by atoms with Crippen LogP contribution >= 0.6 is 0 Å². The normalized spacial score (nSPS) is 11.9. The molecular formula is C28H19B8NO2. The maximum Gasteiger partial charge on any atom is 0.487 e. The first kappa shape index (κ1) is 27.7. The van der Waals surface area contributed by atoms with Crippen LogP contribution in [0.4, 0.5) is 0 Å². The van der Waals surface area contributed by atoms with Crippen LogP contribution in [0.5, 0.6) is 0 Å². The zero-order chi connectivity index (χ0) is 28.5. The van der Waals surface area contributed by atoms with Gasteiger partial charge >= 0.3 is 7.12 Å². The Bertz CT molecular complexity index is 1770. The van der Waals surface area contributed by atoms with Gasteiger partial charge in [0.15, 0.2) is 0 Å². The van der Waals surface area contributed by atoms with Gasteiger partial charge in [-0.3, -0.25) is 0 Å². The average molecular weight is 488 g/mol. The van der Waals surface area contributed by atoms with Gasteiger partial charge in [-0.15, -0.1) is 16.4 Å². The van der Waals surface area contributed by atoms with Gasteiger partial charge in [0.25, 0.3) is 0 Å². The number of benzene rings is 4. The molecule has 0 aliphatic rings. The van der Waals surface area contributed by atoms with Gasteiger partial charge in [0.1, 0.15) is 54.9 Å². The van der Waals surface area contributed by atoms with Crippen molar-refractivity contribution < 1.29 is 10.0 Å². The van der Waals surface area contributed by atoms with Gasteiger partial charge in [-0.25, -0.2) is 0 Å². The average Bonchev–Trinajstić information content (AvgIpc) is 3.26. The predicted molar refractivity (Wildman–Crippen MR) is 172 cm³/mol. The van der Waals surface area contributed by atoms with Crippen LogP contribution in [0.1, 0.15) is 26.3 Å². The summed E-state index contributed by atoms with van der Waals surface area (Å²) in [5.74, 6) is 0. The van der Waals surface area contributed by atoms with Crippen molar-refractivity contribution >= 4 is 128 Å². The van der Waals surface area contributed by atoms with Crippen molar-refractivity contribution in [1.82, 2.24) is 4.57 Å². The molecule has 0 saturated heterocycles. The highest BCUT2D eigenvalue weighted by atomic mass is 16.4. The summed E-state index contributed by atoms with van der Waals surface area (Å²) in [6, 6.07) is 16.2. The van der Waals surface area contributed by atoms with Gasteiger partial charge in [-0.2, -0.15) is 0 Å². The SMILES string of the molecule is [B]c1c([B])c([B])c2c(c1[B])c1c([B])c(B(O)O)c([B])c([B])c1n2-c1ccc(-c2ccc(C(C)(C)C)cc2)cc1. The van der Waals surface area contributed by atoms with E-state index in [0.29, 0.717) is 27.5 Å². The minimum atomic E-state index is -1.97. The van der Waals surface area contributed by atoms with Crippen LogP contribution in [0.15, 0.2) is 48.5 Å². The van der Waals surface area contributed by atoms with Crippen molar-refractivity contribution in [1.29, 1.82) is 0 Å². The Morgan fingerprint density at radius 2 is 1.00 bits per heavy atom. The third kappa shape index (κ3) is 4.26. The Morgan fingerprint density at radius 3 is 1.49 bits per heavy atom. The van der Waals surface area contributed by atoms with E-state index in [9.17, 15) is 10.0 Å². The summed E-state index contributed by atoms with van der Waals surface area (Å²) in [5.41, 5.74) is 5.31. The van der Waals surface area contributed by atoms with Crippen molar-refractivity contribution in [3.63, 3.8) is 0 Å². The predicted octanol–water partition coefficient (Wildman–Crippen LogP) is -3.02. The van der Waals surface area contributed by atoms with Crippen LogP contribution in [-0.2, 0) is 5.41 Å². The lowest BCUT2D eigenvalue weighted by Gasteiger charge is -2.19. The van der Waals surface area contributed by atoms with E-state index in [1.54, 1.807) is 4.57 Å². The summed E-state index contributed by atoms with van der Waals surface area (Å²) in [6.07, 6.45) is 0. The topological polar surface area (TPSA) is 45.4 Å². The Morgan fingerprint density at radius 1 is 0.564 bits per heavy atom. The number of aromatic nitrogens is 1.